The van der Waals surface area contributed by atoms with Crippen LogP contribution in [0.15, 0.2) is 0 Å². The van der Waals surface area contributed by atoms with E-state index in [0.717, 1.165) is 25.5 Å². The molecule has 14 nitrogen and oxygen atoms in total. The van der Waals surface area contributed by atoms with Gasteiger partial charge in [-0.2, -0.15) is 0 Å². The molecule has 0 radical (unpaired) electrons. The number of carbonyl (C=O) groups excluding carboxylic acids is 5. The van der Waals surface area contributed by atoms with Crippen LogP contribution >= 0.6 is 0 Å². The summed E-state index contributed by atoms with van der Waals surface area (Å²) in [5, 5.41) is 8.45. The summed E-state index contributed by atoms with van der Waals surface area (Å²) in [6, 6.07) is -4.31. The van der Waals surface area contributed by atoms with Crippen molar-refractivity contribution in [1.29, 1.82) is 0 Å². The molecule has 0 spiro atoms. The van der Waals surface area contributed by atoms with Gasteiger partial charge < -0.3 is 31.3 Å². The number of nitrogens with zero attached hydrogens (tertiary/aromatic N) is 2. The second kappa shape index (κ2) is 16.6. The van der Waals surface area contributed by atoms with Crippen LogP contribution in [0.5, 0.6) is 0 Å². The third-order valence-electron chi connectivity index (χ3n) is 8.85. The molecule has 1 saturated carbocycles. The van der Waals surface area contributed by atoms with Gasteiger partial charge in [0.1, 0.15) is 12.1 Å². The highest BCUT2D eigenvalue weighted by atomic mass is 32.2. The number of hydrogen-bond donors (Lipinski definition) is 4. The number of carbonyl (C=O) groups is 5. The summed E-state index contributed by atoms with van der Waals surface area (Å²) in [6.07, 6.45) is 5.65. The van der Waals surface area contributed by atoms with E-state index in [-0.39, 0.29) is 31.8 Å². The molecule has 0 aromatic carbocycles. The van der Waals surface area contributed by atoms with Crippen LogP contribution < -0.4 is 21.7 Å². The number of Topliss-reactive ketones (excluding diaryl/α,β-unsaturated/α-hetero) is 1. The molecule has 0 aromatic heterocycles. The Kier molecular flexibility index (Phi) is 14.2. The monoisotopic (exact) mass is 686 g/mol. The first-order valence-electron chi connectivity index (χ1n) is 16.7. The highest BCUT2D eigenvalue weighted by Gasteiger charge is 2.46. The molecule has 5 atom stereocenters. The van der Waals surface area contributed by atoms with Crippen molar-refractivity contribution in [3.8, 4) is 0 Å². The third kappa shape index (κ3) is 12.3. The fourth-order valence-corrected chi connectivity index (χ4v) is 6.59. The van der Waals surface area contributed by atoms with Gasteiger partial charge in [0.15, 0.2) is 0 Å². The summed E-state index contributed by atoms with van der Waals surface area (Å²) in [4.78, 5) is 67.3. The molecule has 2 aliphatic rings. The van der Waals surface area contributed by atoms with E-state index in [9.17, 15) is 32.4 Å². The summed E-state index contributed by atoms with van der Waals surface area (Å²) in [5.41, 5.74) is 4.15. The number of nitrogens with two attached hydrogens (primary N) is 1. The first-order chi connectivity index (χ1) is 21.5. The molecule has 15 heteroatoms. The highest BCUT2D eigenvalue weighted by Crippen LogP contribution is 2.31. The molecular formula is C32H58N6O8S. The van der Waals surface area contributed by atoms with Crippen molar-refractivity contribution in [3.05, 3.63) is 0 Å². The topological polar surface area (TPSA) is 197 Å². The molecule has 1 aliphatic carbocycles. The normalized spacial score (nSPS) is 21.5. The molecule has 1 aliphatic heterocycles. The molecule has 0 bridgehead atoms. The maximum Gasteiger partial charge on any atom is 0.315 e. The Morgan fingerprint density at radius 3 is 2.06 bits per heavy atom. The number of likely N-dealkylation sites (tertiary alicyclic amines) is 1. The smallest absolute Gasteiger partial charge is 0.315 e. The van der Waals surface area contributed by atoms with E-state index in [0.29, 0.717) is 19.3 Å². The van der Waals surface area contributed by atoms with Crippen molar-refractivity contribution < 1.29 is 37.1 Å². The lowest BCUT2D eigenvalue weighted by atomic mass is 9.83. The van der Waals surface area contributed by atoms with Crippen LogP contribution in [0.1, 0.15) is 99.8 Å². The zero-order valence-corrected chi connectivity index (χ0v) is 30.5. The van der Waals surface area contributed by atoms with Crippen molar-refractivity contribution in [2.75, 3.05) is 26.4 Å². The summed E-state index contributed by atoms with van der Waals surface area (Å²) < 4.78 is 31.6. The van der Waals surface area contributed by atoms with Gasteiger partial charge in [-0.15, -0.1) is 0 Å². The molecule has 1 saturated heterocycles. The maximum absolute atomic E-state index is 14.5. The number of nitrogens with one attached hydrogen (secondary N) is 3. The average Bonchev–Trinajstić information content (AvgIpc) is 3.36. The van der Waals surface area contributed by atoms with Crippen molar-refractivity contribution in [2.45, 2.75) is 136 Å². The number of amides is 5. The van der Waals surface area contributed by atoms with E-state index < -0.39 is 80.8 Å². The fraction of sp³-hybridized carbons (Fsp3) is 0.844. The largest absolute Gasteiger partial charge is 0.371 e. The second-order valence-electron chi connectivity index (χ2n) is 15.1. The van der Waals surface area contributed by atoms with Crippen LogP contribution in [0.4, 0.5) is 4.79 Å². The minimum Gasteiger partial charge on any atom is -0.371 e. The van der Waals surface area contributed by atoms with Gasteiger partial charge in [0.2, 0.25) is 27.6 Å². The van der Waals surface area contributed by atoms with Gasteiger partial charge in [0.05, 0.1) is 24.0 Å². The van der Waals surface area contributed by atoms with Crippen LogP contribution in [0.2, 0.25) is 0 Å². The van der Waals surface area contributed by atoms with E-state index in [1.807, 2.05) is 41.5 Å². The van der Waals surface area contributed by atoms with E-state index in [4.69, 9.17) is 10.5 Å². The van der Waals surface area contributed by atoms with Crippen molar-refractivity contribution in [1.82, 2.24) is 25.2 Å². The Hall–Kier alpha value is -2.78. The lowest BCUT2D eigenvalue weighted by Crippen LogP contribution is -2.60. The Morgan fingerprint density at radius 1 is 0.979 bits per heavy atom. The van der Waals surface area contributed by atoms with E-state index in [2.05, 4.69) is 16.0 Å². The molecule has 5 amide bonds. The molecule has 47 heavy (non-hydrogen) atoms. The zero-order valence-electron chi connectivity index (χ0n) is 29.7. The van der Waals surface area contributed by atoms with Crippen LogP contribution in [0, 0.1) is 11.3 Å². The first-order valence-corrected chi connectivity index (χ1v) is 18.5. The minimum atomic E-state index is -3.51. The van der Waals surface area contributed by atoms with Crippen LogP contribution in [0.25, 0.3) is 0 Å². The Bertz CT molecular complexity index is 1240. The van der Waals surface area contributed by atoms with Gasteiger partial charge in [-0.05, 0) is 51.4 Å². The summed E-state index contributed by atoms with van der Waals surface area (Å²) in [7, 11) is -2.07. The summed E-state index contributed by atoms with van der Waals surface area (Å²) in [5.74, 6) is -3.30. The number of sulfonamides is 1. The van der Waals surface area contributed by atoms with E-state index in [1.165, 1.54) is 16.3 Å². The van der Waals surface area contributed by atoms with Gasteiger partial charge >= 0.3 is 6.03 Å². The van der Waals surface area contributed by atoms with E-state index in [1.54, 1.807) is 6.92 Å². The third-order valence-corrected chi connectivity index (χ3v) is 10.1. The Labute approximate surface area is 280 Å². The lowest BCUT2D eigenvalue weighted by molar-refractivity contribution is -0.143. The molecule has 2 rings (SSSR count). The molecule has 1 heterocycles. The van der Waals surface area contributed by atoms with Gasteiger partial charge in [0.25, 0.3) is 5.91 Å². The minimum absolute atomic E-state index is 0.0287. The first kappa shape index (κ1) is 40.4. The summed E-state index contributed by atoms with van der Waals surface area (Å²) >= 11 is 0. The molecular weight excluding hydrogens is 628 g/mol. The average molecular weight is 687 g/mol. The van der Waals surface area contributed by atoms with Gasteiger partial charge in [-0.3, -0.25) is 19.2 Å². The number of likely N-dealkylation sites (N-methyl/N-ethyl adjacent to an activating group) is 1. The second-order valence-corrected chi connectivity index (χ2v) is 17.2. The van der Waals surface area contributed by atoms with Crippen LogP contribution in [-0.4, -0.2) is 109 Å². The summed E-state index contributed by atoms with van der Waals surface area (Å²) in [6.45, 7) is 13.2. The number of ether oxygens (including phenoxy) is 1. The van der Waals surface area contributed by atoms with Gasteiger partial charge in [-0.25, -0.2) is 17.5 Å². The van der Waals surface area contributed by atoms with Crippen LogP contribution in [-0.2, 0) is 33.9 Å². The predicted molar refractivity (Wildman–Crippen MR) is 179 cm³/mol. The molecule has 2 fully saturated rings. The number of ketones is 1. The van der Waals surface area contributed by atoms with E-state index >= 15 is 0 Å². The highest BCUT2D eigenvalue weighted by molar-refractivity contribution is 7.88. The fourth-order valence-electron chi connectivity index (χ4n) is 6.17. The molecule has 0 aromatic rings. The Balaban J connectivity index is 2.42. The van der Waals surface area contributed by atoms with Crippen molar-refractivity contribution >= 4 is 39.6 Å². The molecule has 270 valence electrons. The van der Waals surface area contributed by atoms with Gasteiger partial charge in [0, 0.05) is 32.6 Å². The number of primary amides is 1. The zero-order chi connectivity index (χ0) is 35.9. The molecule has 5 N–H and O–H groups in total. The SMILES string of the molecule is CCCC(NC(=O)[C@@H]1C[C@@H](OC(C)(C)C)CN1C(=O)[C@@H](NC(=O)N[C@H](CN(C)S(C)(=O)=O)C(C)(C)C)C1CCCCC1)C(=O)C(N)=O. The Morgan fingerprint density at radius 2 is 1.57 bits per heavy atom. The van der Waals surface area contributed by atoms with Crippen molar-refractivity contribution in [2.24, 2.45) is 17.1 Å². The van der Waals surface area contributed by atoms with Crippen molar-refractivity contribution in [3.63, 3.8) is 0 Å². The number of hydrogen-bond acceptors (Lipinski definition) is 8. The standard InChI is InChI=1S/C32H58N6O8S/c1-10-14-22(26(39)27(33)40)34-28(41)23-17-21(46-32(5,6)7)18-38(23)29(42)25(20-15-12-11-13-16-20)36-30(43)35-24(31(2,3)4)19-37(8)47(9,44)45/h20-25H,10-19H2,1-9H3,(H2,33,40)(H,34,41)(H2,35,36,43)/t21-,22?,23+,24-,25+/m1/s1. The lowest BCUT2D eigenvalue weighted by Gasteiger charge is -2.37. The van der Waals surface area contributed by atoms with Gasteiger partial charge in [-0.1, -0.05) is 53.4 Å². The predicted octanol–water partition coefficient (Wildman–Crippen LogP) is 1.66. The molecule has 1 unspecified atom stereocenters. The van der Waals surface area contributed by atoms with Crippen LogP contribution in [0.3, 0.4) is 0 Å². The maximum atomic E-state index is 14.5. The number of urea groups is 1. The quantitative estimate of drug-likeness (QED) is 0.198. The number of rotatable bonds is 14.